The summed E-state index contributed by atoms with van der Waals surface area (Å²) in [5, 5.41) is 2.72. The minimum absolute atomic E-state index is 0.0391. The number of halogens is 2. The van der Waals surface area contributed by atoms with Crippen LogP contribution in [0.1, 0.15) is 59.1 Å². The van der Waals surface area contributed by atoms with E-state index in [0.717, 1.165) is 5.69 Å². The maximum atomic E-state index is 13.6. The van der Waals surface area contributed by atoms with Crippen molar-refractivity contribution in [2.75, 3.05) is 16.6 Å². The third-order valence-electron chi connectivity index (χ3n) is 6.70. The molecule has 40 heavy (non-hydrogen) atoms. The van der Waals surface area contributed by atoms with Crippen LogP contribution in [-0.2, 0) is 37.2 Å². The highest BCUT2D eigenvalue weighted by Gasteiger charge is 2.29. The summed E-state index contributed by atoms with van der Waals surface area (Å²) >= 11 is 0. The fourth-order valence-corrected chi connectivity index (χ4v) is 6.06. The molecule has 3 aromatic rings. The second-order valence-electron chi connectivity index (χ2n) is 9.44. The summed E-state index contributed by atoms with van der Waals surface area (Å²) in [5.74, 6) is -2.97. The highest BCUT2D eigenvalue weighted by molar-refractivity contribution is 7.92. The summed E-state index contributed by atoms with van der Waals surface area (Å²) in [6.45, 7) is 1.94. The van der Waals surface area contributed by atoms with Crippen LogP contribution in [0.15, 0.2) is 41.3 Å². The minimum atomic E-state index is -4.34. The summed E-state index contributed by atoms with van der Waals surface area (Å²) < 4.78 is 60.1. The van der Waals surface area contributed by atoms with Gasteiger partial charge in [0, 0.05) is 52.8 Å². The lowest BCUT2D eigenvalue weighted by atomic mass is 9.91. The van der Waals surface area contributed by atoms with Gasteiger partial charge in [-0.05, 0) is 68.2 Å². The second kappa shape index (κ2) is 10.7. The SMILES string of the molecule is CCOC(=O)CCc1c(C=C2C(=O)Nc3ccc(NS(=O)(=O)c4cc(F)cc(F)c4)cc32)[nH]c2c1C(=O)CCC2. The molecule has 0 atom stereocenters. The van der Waals surface area contributed by atoms with Crippen LogP contribution in [0.2, 0.25) is 0 Å². The van der Waals surface area contributed by atoms with E-state index >= 15 is 0 Å². The Kier molecular flexibility index (Phi) is 7.28. The van der Waals surface area contributed by atoms with Crippen molar-refractivity contribution in [3.05, 3.63) is 76.1 Å². The second-order valence-corrected chi connectivity index (χ2v) is 11.1. The average molecular weight is 570 g/mol. The van der Waals surface area contributed by atoms with Crippen molar-refractivity contribution in [2.45, 2.75) is 43.9 Å². The number of ketones is 1. The molecule has 2 aromatic carbocycles. The molecule has 12 heteroatoms. The van der Waals surface area contributed by atoms with E-state index in [1.165, 1.54) is 18.2 Å². The molecule has 0 radical (unpaired) electrons. The maximum Gasteiger partial charge on any atom is 0.306 e. The van der Waals surface area contributed by atoms with Crippen LogP contribution in [0.25, 0.3) is 11.6 Å². The Morgan fingerprint density at radius 1 is 1.10 bits per heavy atom. The highest BCUT2D eigenvalue weighted by Crippen LogP contribution is 2.37. The first kappa shape index (κ1) is 27.3. The molecule has 0 bridgehead atoms. The summed E-state index contributed by atoms with van der Waals surface area (Å²) in [7, 11) is -4.34. The maximum absolute atomic E-state index is 13.6. The van der Waals surface area contributed by atoms with Gasteiger partial charge in [0.2, 0.25) is 0 Å². The van der Waals surface area contributed by atoms with Crippen LogP contribution < -0.4 is 10.0 Å². The summed E-state index contributed by atoms with van der Waals surface area (Å²) in [4.78, 5) is 40.4. The molecule has 9 nitrogen and oxygen atoms in total. The monoisotopic (exact) mass is 569 g/mol. The van der Waals surface area contributed by atoms with Gasteiger partial charge < -0.3 is 15.0 Å². The van der Waals surface area contributed by atoms with Crippen molar-refractivity contribution in [1.82, 2.24) is 4.98 Å². The largest absolute Gasteiger partial charge is 0.466 e. The Morgan fingerprint density at radius 3 is 2.58 bits per heavy atom. The fraction of sp³-hybridized carbons (Fsp3) is 0.250. The lowest BCUT2D eigenvalue weighted by Gasteiger charge is -2.11. The first-order valence-corrected chi connectivity index (χ1v) is 14.1. The molecular weight excluding hydrogens is 544 g/mol. The third-order valence-corrected chi connectivity index (χ3v) is 8.06. The Bertz CT molecular complexity index is 1670. The summed E-state index contributed by atoms with van der Waals surface area (Å²) in [6.07, 6.45) is 3.57. The molecule has 3 N–H and O–H groups in total. The number of nitrogens with one attached hydrogen (secondary N) is 3. The number of benzene rings is 2. The quantitative estimate of drug-likeness (QED) is 0.268. The fourth-order valence-electron chi connectivity index (χ4n) is 4.97. The molecule has 1 aliphatic heterocycles. The van der Waals surface area contributed by atoms with E-state index in [4.69, 9.17) is 4.74 Å². The summed E-state index contributed by atoms with van der Waals surface area (Å²) in [6, 6.07) is 6.30. The van der Waals surface area contributed by atoms with E-state index in [9.17, 15) is 31.6 Å². The van der Waals surface area contributed by atoms with Gasteiger partial charge >= 0.3 is 5.97 Å². The average Bonchev–Trinajstić information content (AvgIpc) is 3.39. The number of carbonyl (C=O) groups excluding carboxylic acids is 3. The van der Waals surface area contributed by atoms with E-state index in [1.807, 2.05) is 0 Å². The van der Waals surface area contributed by atoms with Crippen molar-refractivity contribution in [1.29, 1.82) is 0 Å². The van der Waals surface area contributed by atoms with Gasteiger partial charge in [0.05, 0.1) is 17.1 Å². The number of rotatable bonds is 8. The first-order chi connectivity index (χ1) is 19.1. The lowest BCUT2D eigenvalue weighted by Crippen LogP contribution is -2.13. The van der Waals surface area contributed by atoms with Gasteiger partial charge in [-0.2, -0.15) is 0 Å². The number of Topliss-reactive ketones (excluding diaryl/α,β-unsaturated/α-hetero) is 1. The highest BCUT2D eigenvalue weighted by atomic mass is 32.2. The van der Waals surface area contributed by atoms with E-state index < -0.39 is 38.4 Å². The van der Waals surface area contributed by atoms with Gasteiger partial charge in [0.25, 0.3) is 15.9 Å². The van der Waals surface area contributed by atoms with Gasteiger partial charge in [-0.15, -0.1) is 0 Å². The van der Waals surface area contributed by atoms with Crippen LogP contribution in [0.5, 0.6) is 0 Å². The molecule has 0 saturated heterocycles. The number of hydrogen-bond donors (Lipinski definition) is 3. The van der Waals surface area contributed by atoms with Crippen molar-refractivity contribution >= 4 is 50.7 Å². The van der Waals surface area contributed by atoms with Gasteiger partial charge in [0.15, 0.2) is 5.78 Å². The van der Waals surface area contributed by atoms with Crippen molar-refractivity contribution in [2.24, 2.45) is 0 Å². The Morgan fingerprint density at radius 2 is 1.85 bits per heavy atom. The number of amides is 1. The number of esters is 1. The number of anilines is 2. The number of aromatic nitrogens is 1. The zero-order valence-corrected chi connectivity index (χ0v) is 22.2. The normalized spacial score (nSPS) is 15.5. The van der Waals surface area contributed by atoms with Crippen molar-refractivity contribution < 1.29 is 36.3 Å². The number of carbonyl (C=O) groups is 3. The van der Waals surface area contributed by atoms with Crippen LogP contribution >= 0.6 is 0 Å². The van der Waals surface area contributed by atoms with Crippen LogP contribution in [0.3, 0.4) is 0 Å². The lowest BCUT2D eigenvalue weighted by molar-refractivity contribution is -0.143. The number of aromatic amines is 1. The van der Waals surface area contributed by atoms with Gasteiger partial charge in [0.1, 0.15) is 11.6 Å². The Labute approximate surface area is 228 Å². The number of sulfonamides is 1. The molecule has 208 valence electrons. The molecule has 0 spiro atoms. The number of hydrogen-bond acceptors (Lipinski definition) is 6. The predicted molar refractivity (Wildman–Crippen MR) is 143 cm³/mol. The van der Waals surface area contributed by atoms with E-state index in [2.05, 4.69) is 15.0 Å². The first-order valence-electron chi connectivity index (χ1n) is 12.6. The smallest absolute Gasteiger partial charge is 0.306 e. The van der Waals surface area contributed by atoms with Crippen LogP contribution in [-0.4, -0.2) is 37.7 Å². The molecule has 0 saturated carbocycles. The van der Waals surface area contributed by atoms with Crippen molar-refractivity contribution in [3.8, 4) is 0 Å². The number of ether oxygens (including phenoxy) is 1. The molecule has 2 heterocycles. The minimum Gasteiger partial charge on any atom is -0.466 e. The molecule has 2 aliphatic rings. The Balaban J connectivity index is 1.51. The molecule has 0 unspecified atom stereocenters. The zero-order valence-electron chi connectivity index (χ0n) is 21.4. The van der Waals surface area contributed by atoms with E-state index in [0.29, 0.717) is 65.5 Å². The third kappa shape index (κ3) is 5.39. The standard InChI is InChI=1S/C28H25F2N3O6S/c1-2-39-26(35)9-7-19-24(31-23-4-3-5-25(34)27(19)23)14-21-20-13-17(6-8-22(20)32-28(21)36)33-40(37,38)18-11-15(29)10-16(30)12-18/h6,8,10-14,31,33H,2-5,7,9H2,1H3,(H,32,36). The predicted octanol–water partition coefficient (Wildman–Crippen LogP) is 4.60. The molecule has 0 fully saturated rings. The van der Waals surface area contributed by atoms with Gasteiger partial charge in [-0.3, -0.25) is 19.1 Å². The van der Waals surface area contributed by atoms with E-state index in [1.54, 1.807) is 13.0 Å². The van der Waals surface area contributed by atoms with Crippen LogP contribution in [0, 0.1) is 11.6 Å². The van der Waals surface area contributed by atoms with Crippen LogP contribution in [0.4, 0.5) is 20.2 Å². The topological polar surface area (TPSA) is 134 Å². The summed E-state index contributed by atoms with van der Waals surface area (Å²) in [5.41, 5.74) is 3.47. The molecule has 5 rings (SSSR count). The molecule has 1 aromatic heterocycles. The number of aryl methyl sites for hydroxylation is 1. The number of fused-ring (bicyclic) bond motifs is 2. The zero-order chi connectivity index (χ0) is 28.6. The molecule has 1 aliphatic carbocycles. The molecular formula is C28H25F2N3O6S. The Hall–Kier alpha value is -4.32. The van der Waals surface area contributed by atoms with E-state index in [-0.39, 0.29) is 36.5 Å². The van der Waals surface area contributed by atoms with Gasteiger partial charge in [-0.1, -0.05) is 0 Å². The molecule has 1 amide bonds. The van der Waals surface area contributed by atoms with Gasteiger partial charge in [-0.25, -0.2) is 17.2 Å². The number of H-pyrrole nitrogens is 1. The van der Waals surface area contributed by atoms with Crippen molar-refractivity contribution in [3.63, 3.8) is 0 Å².